The molecule has 0 aliphatic carbocycles. The number of amides is 1. The fraction of sp³-hybridized carbons (Fsp3) is 0.467. The molecule has 1 saturated heterocycles. The molecule has 8 heteroatoms. The van der Waals surface area contributed by atoms with Crippen LogP contribution in [0.15, 0.2) is 36.1 Å². The highest BCUT2D eigenvalue weighted by Gasteiger charge is 2.21. The van der Waals surface area contributed by atoms with Gasteiger partial charge >= 0.3 is 0 Å². The summed E-state index contributed by atoms with van der Waals surface area (Å²) < 4.78 is 0. The Balaban J connectivity index is 1.72. The van der Waals surface area contributed by atoms with Crippen LogP contribution in [0, 0.1) is 0 Å². The van der Waals surface area contributed by atoms with E-state index in [1.807, 2.05) is 4.90 Å². The Morgan fingerprint density at radius 1 is 1.35 bits per heavy atom. The Bertz CT molecular complexity index is 538. The SMILES string of the molecule is C=CCNC(N)=NCCC(=O)N1CCN(c2ncccn2)CC1. The number of piperazine rings is 1. The standard InChI is InChI=1S/C15H23N7O/c1-2-5-17-14(16)18-8-4-13(23)21-9-11-22(12-10-21)15-19-6-3-7-20-15/h2-3,6-7H,1,4-5,8-12H2,(H3,16,17,18). The molecule has 0 spiro atoms. The first-order valence-corrected chi connectivity index (χ1v) is 7.65. The lowest BCUT2D eigenvalue weighted by Crippen LogP contribution is -2.49. The van der Waals surface area contributed by atoms with Gasteiger partial charge in [0, 0.05) is 51.5 Å². The van der Waals surface area contributed by atoms with Crippen molar-refractivity contribution in [2.45, 2.75) is 6.42 Å². The van der Waals surface area contributed by atoms with E-state index in [1.54, 1.807) is 24.5 Å². The first kappa shape index (κ1) is 16.7. The van der Waals surface area contributed by atoms with Crippen molar-refractivity contribution in [1.82, 2.24) is 20.2 Å². The minimum Gasteiger partial charge on any atom is -0.370 e. The summed E-state index contributed by atoms with van der Waals surface area (Å²) in [4.78, 5) is 28.7. The molecule has 1 aromatic heterocycles. The van der Waals surface area contributed by atoms with Gasteiger partial charge in [-0.15, -0.1) is 6.58 Å². The molecule has 2 rings (SSSR count). The number of nitrogens with two attached hydrogens (primary N) is 1. The molecule has 8 nitrogen and oxygen atoms in total. The lowest BCUT2D eigenvalue weighted by molar-refractivity contribution is -0.131. The molecule has 0 saturated carbocycles. The second-order valence-corrected chi connectivity index (χ2v) is 5.10. The van der Waals surface area contributed by atoms with Crippen molar-refractivity contribution in [2.75, 3.05) is 44.2 Å². The molecule has 0 bridgehead atoms. The number of rotatable bonds is 6. The van der Waals surface area contributed by atoms with Gasteiger partial charge in [0.1, 0.15) is 0 Å². The molecule has 0 aromatic carbocycles. The molecule has 1 fully saturated rings. The van der Waals surface area contributed by atoms with E-state index in [9.17, 15) is 4.79 Å². The van der Waals surface area contributed by atoms with Gasteiger partial charge in [0.15, 0.2) is 5.96 Å². The van der Waals surface area contributed by atoms with E-state index in [-0.39, 0.29) is 5.91 Å². The number of nitrogens with one attached hydrogen (secondary N) is 1. The maximum absolute atomic E-state index is 12.2. The van der Waals surface area contributed by atoms with Gasteiger partial charge in [-0.05, 0) is 6.07 Å². The van der Waals surface area contributed by atoms with Crippen molar-refractivity contribution in [2.24, 2.45) is 10.7 Å². The number of anilines is 1. The highest BCUT2D eigenvalue weighted by Crippen LogP contribution is 2.10. The van der Waals surface area contributed by atoms with Crippen LogP contribution in [0.3, 0.4) is 0 Å². The molecular weight excluding hydrogens is 294 g/mol. The molecular formula is C15H23N7O. The Morgan fingerprint density at radius 2 is 2.04 bits per heavy atom. The van der Waals surface area contributed by atoms with Gasteiger partial charge < -0.3 is 20.9 Å². The first-order valence-electron chi connectivity index (χ1n) is 7.65. The average Bonchev–Trinajstić information content (AvgIpc) is 2.60. The van der Waals surface area contributed by atoms with E-state index >= 15 is 0 Å². The lowest BCUT2D eigenvalue weighted by Gasteiger charge is -2.34. The predicted octanol–water partition coefficient (Wildman–Crippen LogP) is -0.394. The number of guanidine groups is 1. The van der Waals surface area contributed by atoms with Crippen LogP contribution in [0.5, 0.6) is 0 Å². The zero-order valence-corrected chi connectivity index (χ0v) is 13.2. The van der Waals surface area contributed by atoms with Crippen LogP contribution in [-0.4, -0.2) is 66.0 Å². The Kier molecular flexibility index (Phi) is 6.34. The number of aliphatic imine (C=N–C) groups is 1. The highest BCUT2D eigenvalue weighted by molar-refractivity contribution is 5.79. The third-order valence-electron chi connectivity index (χ3n) is 3.50. The van der Waals surface area contributed by atoms with Crippen LogP contribution >= 0.6 is 0 Å². The number of aromatic nitrogens is 2. The topological polar surface area (TPSA) is 99.7 Å². The molecule has 0 atom stereocenters. The van der Waals surface area contributed by atoms with Gasteiger partial charge in [-0.3, -0.25) is 9.79 Å². The van der Waals surface area contributed by atoms with E-state index in [0.29, 0.717) is 44.5 Å². The van der Waals surface area contributed by atoms with Crippen molar-refractivity contribution in [3.63, 3.8) is 0 Å². The molecule has 0 unspecified atom stereocenters. The molecule has 1 aromatic rings. The van der Waals surface area contributed by atoms with Crippen molar-refractivity contribution in [3.8, 4) is 0 Å². The largest absolute Gasteiger partial charge is 0.370 e. The molecule has 2 heterocycles. The minimum atomic E-state index is 0.0962. The summed E-state index contributed by atoms with van der Waals surface area (Å²) in [6, 6.07) is 1.79. The van der Waals surface area contributed by atoms with Gasteiger partial charge in [0.25, 0.3) is 0 Å². The van der Waals surface area contributed by atoms with E-state index in [0.717, 1.165) is 13.1 Å². The quantitative estimate of drug-likeness (QED) is 0.421. The summed E-state index contributed by atoms with van der Waals surface area (Å²) in [5.74, 6) is 1.15. The summed E-state index contributed by atoms with van der Waals surface area (Å²) in [5.41, 5.74) is 5.65. The van der Waals surface area contributed by atoms with Crippen molar-refractivity contribution < 1.29 is 4.79 Å². The molecule has 1 aliphatic heterocycles. The summed E-state index contributed by atoms with van der Waals surface area (Å²) >= 11 is 0. The fourth-order valence-electron chi connectivity index (χ4n) is 2.27. The zero-order chi connectivity index (χ0) is 16.5. The molecule has 124 valence electrons. The van der Waals surface area contributed by atoms with Crippen molar-refractivity contribution in [1.29, 1.82) is 0 Å². The monoisotopic (exact) mass is 317 g/mol. The van der Waals surface area contributed by atoms with Crippen molar-refractivity contribution in [3.05, 3.63) is 31.1 Å². The number of nitrogens with zero attached hydrogens (tertiary/aromatic N) is 5. The van der Waals surface area contributed by atoms with Crippen molar-refractivity contribution >= 4 is 17.8 Å². The van der Waals surface area contributed by atoms with Gasteiger partial charge in [-0.2, -0.15) is 0 Å². The van der Waals surface area contributed by atoms with E-state index < -0.39 is 0 Å². The summed E-state index contributed by atoms with van der Waals surface area (Å²) in [5, 5.41) is 2.87. The van der Waals surface area contributed by atoms with E-state index in [4.69, 9.17) is 5.73 Å². The van der Waals surface area contributed by atoms with E-state index in [2.05, 4.69) is 31.8 Å². The summed E-state index contributed by atoms with van der Waals surface area (Å²) in [7, 11) is 0. The van der Waals surface area contributed by atoms with Gasteiger partial charge in [-0.1, -0.05) is 6.08 Å². The van der Waals surface area contributed by atoms with Crippen LogP contribution in [0.2, 0.25) is 0 Å². The zero-order valence-electron chi connectivity index (χ0n) is 13.2. The number of hydrogen-bond donors (Lipinski definition) is 2. The summed E-state index contributed by atoms with van der Waals surface area (Å²) in [6.07, 6.45) is 5.51. The third kappa shape index (κ3) is 5.24. The van der Waals surface area contributed by atoms with Crippen LogP contribution in [0.25, 0.3) is 0 Å². The van der Waals surface area contributed by atoms with Crippen LogP contribution in [-0.2, 0) is 4.79 Å². The predicted molar refractivity (Wildman–Crippen MR) is 90.1 cm³/mol. The second-order valence-electron chi connectivity index (χ2n) is 5.10. The average molecular weight is 317 g/mol. The molecule has 23 heavy (non-hydrogen) atoms. The third-order valence-corrected chi connectivity index (χ3v) is 3.50. The Morgan fingerprint density at radius 3 is 2.70 bits per heavy atom. The van der Waals surface area contributed by atoms with Crippen LogP contribution in [0.1, 0.15) is 6.42 Å². The first-order chi connectivity index (χ1) is 11.2. The smallest absolute Gasteiger partial charge is 0.225 e. The highest BCUT2D eigenvalue weighted by atomic mass is 16.2. The lowest BCUT2D eigenvalue weighted by atomic mass is 10.3. The number of carbonyl (C=O) groups is 1. The van der Waals surface area contributed by atoms with Crippen LogP contribution < -0.4 is 16.0 Å². The van der Waals surface area contributed by atoms with Gasteiger partial charge in [0.2, 0.25) is 11.9 Å². The normalized spacial score (nSPS) is 15.4. The molecule has 3 N–H and O–H groups in total. The van der Waals surface area contributed by atoms with Crippen LogP contribution in [0.4, 0.5) is 5.95 Å². The number of carbonyl (C=O) groups excluding carboxylic acids is 1. The molecule has 0 radical (unpaired) electrons. The van der Waals surface area contributed by atoms with Gasteiger partial charge in [-0.25, -0.2) is 9.97 Å². The molecule has 1 aliphatic rings. The number of hydrogen-bond acceptors (Lipinski definition) is 5. The van der Waals surface area contributed by atoms with E-state index in [1.165, 1.54) is 0 Å². The maximum atomic E-state index is 12.2. The Labute approximate surface area is 136 Å². The Hall–Kier alpha value is -2.64. The maximum Gasteiger partial charge on any atom is 0.225 e. The second kappa shape index (κ2) is 8.72. The molecule has 1 amide bonds. The summed E-state index contributed by atoms with van der Waals surface area (Å²) in [6.45, 7) is 7.35. The minimum absolute atomic E-state index is 0.0962. The fourth-order valence-corrected chi connectivity index (χ4v) is 2.27. The van der Waals surface area contributed by atoms with Gasteiger partial charge in [0.05, 0.1) is 6.54 Å².